The summed E-state index contributed by atoms with van der Waals surface area (Å²) in [7, 11) is 0. The van der Waals surface area contributed by atoms with E-state index in [0.29, 0.717) is 16.3 Å². The van der Waals surface area contributed by atoms with E-state index in [-0.39, 0.29) is 18.4 Å². The highest BCUT2D eigenvalue weighted by Gasteiger charge is 2.22. The minimum Gasteiger partial charge on any atom is -0.375 e. The summed E-state index contributed by atoms with van der Waals surface area (Å²) in [5.74, 6) is -0.202. The van der Waals surface area contributed by atoms with E-state index in [1.165, 1.54) is 5.56 Å². The van der Waals surface area contributed by atoms with Gasteiger partial charge in [-0.15, -0.1) is 0 Å². The molecule has 0 aliphatic carbocycles. The summed E-state index contributed by atoms with van der Waals surface area (Å²) < 4.78 is 0. The van der Waals surface area contributed by atoms with Crippen molar-refractivity contribution in [2.75, 3.05) is 30.3 Å². The van der Waals surface area contributed by atoms with Gasteiger partial charge in [-0.1, -0.05) is 37.1 Å². The quantitative estimate of drug-likeness (QED) is 0.716. The van der Waals surface area contributed by atoms with Gasteiger partial charge in [0.1, 0.15) is 0 Å². The molecule has 0 bridgehead atoms. The molecular weight excluding hydrogens is 374 g/mol. The van der Waals surface area contributed by atoms with E-state index in [0.717, 1.165) is 44.5 Å². The Kier molecular flexibility index (Phi) is 6.93. The summed E-state index contributed by atoms with van der Waals surface area (Å²) in [6.45, 7) is 3.74. The predicted octanol–water partition coefficient (Wildman–Crippen LogP) is 4.58. The number of rotatable bonds is 7. The van der Waals surface area contributed by atoms with Crippen molar-refractivity contribution in [1.29, 1.82) is 0 Å². The van der Waals surface area contributed by atoms with Crippen LogP contribution in [0, 0.1) is 0 Å². The van der Waals surface area contributed by atoms with Gasteiger partial charge in [-0.3, -0.25) is 9.59 Å². The van der Waals surface area contributed by atoms with E-state index < -0.39 is 0 Å². The average Bonchev–Trinajstić information content (AvgIpc) is 3.22. The maximum Gasteiger partial charge on any atom is 0.255 e. The highest BCUT2D eigenvalue weighted by Crippen LogP contribution is 2.24. The largest absolute Gasteiger partial charge is 0.375 e. The van der Waals surface area contributed by atoms with Crippen LogP contribution in [0.2, 0.25) is 5.02 Å². The Labute approximate surface area is 171 Å². The van der Waals surface area contributed by atoms with Gasteiger partial charge in [-0.25, -0.2) is 0 Å². The van der Waals surface area contributed by atoms with Gasteiger partial charge in [0.25, 0.3) is 5.91 Å². The molecule has 5 nitrogen and oxygen atoms in total. The number of anilines is 2. The van der Waals surface area contributed by atoms with Crippen LogP contribution in [0.4, 0.5) is 11.4 Å². The number of aryl methyl sites for hydroxylation is 1. The highest BCUT2D eigenvalue weighted by molar-refractivity contribution is 6.31. The zero-order valence-electron chi connectivity index (χ0n) is 16.1. The van der Waals surface area contributed by atoms with Crippen molar-refractivity contribution in [3.8, 4) is 0 Å². The molecule has 0 saturated carbocycles. The molecule has 0 unspecified atom stereocenters. The van der Waals surface area contributed by atoms with E-state index in [9.17, 15) is 9.59 Å². The second-order valence-electron chi connectivity index (χ2n) is 7.04. The first kappa shape index (κ1) is 20.2. The van der Waals surface area contributed by atoms with Crippen LogP contribution < -0.4 is 10.6 Å². The molecule has 2 amide bonds. The van der Waals surface area contributed by atoms with Crippen molar-refractivity contribution in [2.45, 2.75) is 32.6 Å². The Balaban J connectivity index is 1.62. The van der Waals surface area contributed by atoms with Crippen molar-refractivity contribution in [2.24, 2.45) is 0 Å². The number of carbonyl (C=O) groups is 2. The minimum atomic E-state index is -0.178. The fraction of sp³-hybridized carbons (Fsp3) is 0.364. The van der Waals surface area contributed by atoms with Crippen LogP contribution in [0.5, 0.6) is 0 Å². The molecular formula is C22H26ClN3O2. The Morgan fingerprint density at radius 3 is 2.46 bits per heavy atom. The molecule has 1 fully saturated rings. The molecule has 0 atom stereocenters. The number of hydrogen-bond donors (Lipinski definition) is 2. The molecule has 0 spiro atoms. The van der Waals surface area contributed by atoms with Crippen LogP contribution >= 0.6 is 11.6 Å². The van der Waals surface area contributed by atoms with Gasteiger partial charge in [0.2, 0.25) is 5.91 Å². The Morgan fingerprint density at radius 2 is 1.79 bits per heavy atom. The standard InChI is InChI=1S/C22H26ClN3O2/c1-2-5-16-6-9-18(10-7-16)25-21(27)15-24-20-14-17(23)8-11-19(20)22(28)26-12-3-4-13-26/h6-11,14,24H,2-5,12-13,15H2,1H3,(H,25,27). The van der Waals surface area contributed by atoms with Gasteiger partial charge in [0.05, 0.1) is 12.1 Å². The van der Waals surface area contributed by atoms with E-state index in [1.807, 2.05) is 29.2 Å². The first-order valence-electron chi connectivity index (χ1n) is 9.78. The van der Waals surface area contributed by atoms with Crippen LogP contribution in [0.25, 0.3) is 0 Å². The van der Waals surface area contributed by atoms with Crippen LogP contribution in [-0.2, 0) is 11.2 Å². The maximum atomic E-state index is 12.7. The summed E-state index contributed by atoms with van der Waals surface area (Å²) in [6.07, 6.45) is 4.18. The Hall–Kier alpha value is -2.53. The van der Waals surface area contributed by atoms with Crippen LogP contribution in [-0.4, -0.2) is 36.3 Å². The lowest BCUT2D eigenvalue weighted by molar-refractivity contribution is -0.114. The number of amides is 2. The summed E-state index contributed by atoms with van der Waals surface area (Å²) in [5, 5.41) is 6.46. The maximum absolute atomic E-state index is 12.7. The lowest BCUT2D eigenvalue weighted by Crippen LogP contribution is -2.29. The van der Waals surface area contributed by atoms with Gasteiger partial charge < -0.3 is 15.5 Å². The molecule has 1 aliphatic heterocycles. The van der Waals surface area contributed by atoms with Gasteiger partial charge in [-0.2, -0.15) is 0 Å². The van der Waals surface area contributed by atoms with Crippen molar-refractivity contribution in [1.82, 2.24) is 4.90 Å². The number of halogens is 1. The summed E-state index contributed by atoms with van der Waals surface area (Å²) in [4.78, 5) is 26.9. The summed E-state index contributed by atoms with van der Waals surface area (Å²) in [6, 6.07) is 13.0. The molecule has 2 aromatic carbocycles. The molecule has 1 saturated heterocycles. The predicted molar refractivity (Wildman–Crippen MR) is 114 cm³/mol. The first-order valence-corrected chi connectivity index (χ1v) is 10.2. The van der Waals surface area contributed by atoms with Crippen molar-refractivity contribution in [3.63, 3.8) is 0 Å². The van der Waals surface area contributed by atoms with E-state index in [4.69, 9.17) is 11.6 Å². The smallest absolute Gasteiger partial charge is 0.255 e. The molecule has 148 valence electrons. The molecule has 0 radical (unpaired) electrons. The van der Waals surface area contributed by atoms with E-state index in [2.05, 4.69) is 17.6 Å². The van der Waals surface area contributed by atoms with Crippen molar-refractivity contribution in [3.05, 3.63) is 58.6 Å². The fourth-order valence-corrected chi connectivity index (χ4v) is 3.54. The van der Waals surface area contributed by atoms with E-state index in [1.54, 1.807) is 18.2 Å². The number of nitrogens with one attached hydrogen (secondary N) is 2. The molecule has 28 heavy (non-hydrogen) atoms. The van der Waals surface area contributed by atoms with Gasteiger partial charge in [-0.05, 0) is 55.2 Å². The zero-order chi connectivity index (χ0) is 19.9. The topological polar surface area (TPSA) is 61.4 Å². The third-order valence-electron chi connectivity index (χ3n) is 4.82. The molecule has 0 aromatic heterocycles. The van der Waals surface area contributed by atoms with E-state index >= 15 is 0 Å². The van der Waals surface area contributed by atoms with Gasteiger partial charge in [0.15, 0.2) is 0 Å². The normalized spacial score (nSPS) is 13.4. The molecule has 2 aromatic rings. The van der Waals surface area contributed by atoms with Gasteiger partial charge in [0, 0.05) is 29.5 Å². The van der Waals surface area contributed by atoms with Gasteiger partial charge >= 0.3 is 0 Å². The Morgan fingerprint density at radius 1 is 1.07 bits per heavy atom. The highest BCUT2D eigenvalue weighted by atomic mass is 35.5. The number of likely N-dealkylation sites (tertiary alicyclic amines) is 1. The third kappa shape index (κ3) is 5.26. The van der Waals surface area contributed by atoms with Crippen LogP contribution in [0.15, 0.2) is 42.5 Å². The first-order chi connectivity index (χ1) is 13.6. The molecule has 6 heteroatoms. The molecule has 1 aliphatic rings. The minimum absolute atomic E-state index is 0.0245. The average molecular weight is 400 g/mol. The lowest BCUT2D eigenvalue weighted by Gasteiger charge is -2.18. The molecule has 3 rings (SSSR count). The Bertz CT molecular complexity index is 830. The van der Waals surface area contributed by atoms with Crippen molar-refractivity contribution < 1.29 is 9.59 Å². The van der Waals surface area contributed by atoms with Crippen molar-refractivity contribution >= 4 is 34.8 Å². The zero-order valence-corrected chi connectivity index (χ0v) is 16.9. The second kappa shape index (κ2) is 9.60. The number of carbonyl (C=O) groups excluding carboxylic acids is 2. The number of benzene rings is 2. The number of hydrogen-bond acceptors (Lipinski definition) is 3. The molecule has 1 heterocycles. The third-order valence-corrected chi connectivity index (χ3v) is 5.06. The van der Waals surface area contributed by atoms with Crippen LogP contribution in [0.3, 0.4) is 0 Å². The lowest BCUT2D eigenvalue weighted by atomic mass is 10.1. The van der Waals surface area contributed by atoms with Crippen LogP contribution in [0.1, 0.15) is 42.1 Å². The second-order valence-corrected chi connectivity index (χ2v) is 7.47. The summed E-state index contributed by atoms with van der Waals surface area (Å²) in [5.41, 5.74) is 3.13. The SMILES string of the molecule is CCCc1ccc(NC(=O)CNc2cc(Cl)ccc2C(=O)N2CCCC2)cc1. The number of nitrogens with zero attached hydrogens (tertiary/aromatic N) is 1. The molecule has 2 N–H and O–H groups in total. The fourth-order valence-electron chi connectivity index (χ4n) is 3.36. The monoisotopic (exact) mass is 399 g/mol. The summed E-state index contributed by atoms with van der Waals surface area (Å²) >= 11 is 6.10.